The van der Waals surface area contributed by atoms with Crippen molar-refractivity contribution in [1.82, 2.24) is 10.2 Å². The van der Waals surface area contributed by atoms with Crippen LogP contribution >= 0.6 is 0 Å². The molecule has 1 atom stereocenters. The average Bonchev–Trinajstić information content (AvgIpc) is 2.80. The molecule has 0 aromatic rings. The Morgan fingerprint density at radius 2 is 2.21 bits per heavy atom. The van der Waals surface area contributed by atoms with Crippen molar-refractivity contribution in [1.29, 1.82) is 0 Å². The van der Waals surface area contributed by atoms with Crippen LogP contribution in [0.4, 0.5) is 4.79 Å². The van der Waals surface area contributed by atoms with Gasteiger partial charge in [-0.2, -0.15) is 0 Å². The fourth-order valence-electron chi connectivity index (χ4n) is 1.74. The summed E-state index contributed by atoms with van der Waals surface area (Å²) in [6, 6.07) is 0. The molecule has 1 rings (SSSR count). The molecule has 1 heterocycles. The van der Waals surface area contributed by atoms with E-state index < -0.39 is 17.6 Å². The second kappa shape index (κ2) is 6.40. The Hall–Kier alpha value is -1.79. The molecular formula is C12H20N2O5. The first-order chi connectivity index (χ1) is 8.92. The molecule has 7 heteroatoms. The van der Waals surface area contributed by atoms with Gasteiger partial charge in [-0.1, -0.05) is 6.92 Å². The second-order valence-corrected chi connectivity index (χ2v) is 4.58. The Labute approximate surface area is 112 Å². The third kappa shape index (κ3) is 3.84. The van der Waals surface area contributed by atoms with Gasteiger partial charge in [0.15, 0.2) is 0 Å². The van der Waals surface area contributed by atoms with E-state index in [1.165, 1.54) is 12.0 Å². The number of amides is 2. The van der Waals surface area contributed by atoms with Gasteiger partial charge in [-0.05, 0) is 13.3 Å². The number of methoxy groups -OCH3 is 1. The van der Waals surface area contributed by atoms with Crippen LogP contribution in [0.2, 0.25) is 0 Å². The van der Waals surface area contributed by atoms with Crippen LogP contribution in [0.25, 0.3) is 0 Å². The lowest BCUT2D eigenvalue weighted by atomic mass is 9.99. The zero-order chi connectivity index (χ0) is 14.5. The molecule has 19 heavy (non-hydrogen) atoms. The molecule has 0 aromatic heterocycles. The van der Waals surface area contributed by atoms with Crippen molar-refractivity contribution in [2.45, 2.75) is 32.2 Å². The molecule has 1 fully saturated rings. The summed E-state index contributed by atoms with van der Waals surface area (Å²) < 4.78 is 9.42. The summed E-state index contributed by atoms with van der Waals surface area (Å²) in [6.45, 7) is 4.53. The molecular weight excluding hydrogens is 252 g/mol. The van der Waals surface area contributed by atoms with Crippen LogP contribution in [0.1, 0.15) is 26.7 Å². The number of nitrogens with one attached hydrogen (secondary N) is 1. The predicted octanol–water partition coefficient (Wildman–Crippen LogP) is 0.287. The first kappa shape index (κ1) is 15.3. The molecule has 0 unspecified atom stereocenters. The lowest BCUT2D eigenvalue weighted by Gasteiger charge is -2.26. The number of esters is 1. The molecule has 0 aliphatic carbocycles. The number of nitrogens with zero attached hydrogens (tertiary/aromatic N) is 1. The van der Waals surface area contributed by atoms with Crippen LogP contribution in [0.3, 0.4) is 0 Å². The van der Waals surface area contributed by atoms with E-state index in [1.54, 1.807) is 13.8 Å². The highest BCUT2D eigenvalue weighted by Gasteiger charge is 2.34. The lowest BCUT2D eigenvalue weighted by Crippen LogP contribution is -2.52. The number of ether oxygens (including phenoxy) is 2. The Bertz CT molecular complexity index is 371. The van der Waals surface area contributed by atoms with E-state index in [-0.39, 0.29) is 18.9 Å². The summed E-state index contributed by atoms with van der Waals surface area (Å²) in [5, 5.41) is 2.64. The quantitative estimate of drug-likeness (QED) is 0.702. The summed E-state index contributed by atoms with van der Waals surface area (Å²) in [4.78, 5) is 36.0. The third-order valence-corrected chi connectivity index (χ3v) is 3.21. The number of hydrogen-bond acceptors (Lipinski definition) is 5. The molecule has 0 aromatic carbocycles. The van der Waals surface area contributed by atoms with Gasteiger partial charge < -0.3 is 19.7 Å². The molecule has 0 bridgehead atoms. The van der Waals surface area contributed by atoms with Crippen molar-refractivity contribution in [3.05, 3.63) is 0 Å². The number of cyclic esters (lactones) is 1. The fraction of sp³-hybridized carbons (Fsp3) is 0.750. The smallest absolute Gasteiger partial charge is 0.409 e. The van der Waals surface area contributed by atoms with E-state index in [9.17, 15) is 14.4 Å². The monoisotopic (exact) mass is 272 g/mol. The molecule has 1 saturated heterocycles. The average molecular weight is 272 g/mol. The van der Waals surface area contributed by atoms with Crippen LogP contribution in [-0.4, -0.2) is 55.2 Å². The van der Waals surface area contributed by atoms with Gasteiger partial charge in [0.05, 0.1) is 13.7 Å². The summed E-state index contributed by atoms with van der Waals surface area (Å²) in [5.41, 5.74) is -1.03. The van der Waals surface area contributed by atoms with Crippen molar-refractivity contribution >= 4 is 18.0 Å². The van der Waals surface area contributed by atoms with E-state index >= 15 is 0 Å². The van der Waals surface area contributed by atoms with Gasteiger partial charge in [0.25, 0.3) is 0 Å². The Kier molecular flexibility index (Phi) is 5.14. The van der Waals surface area contributed by atoms with E-state index in [0.29, 0.717) is 19.6 Å². The highest BCUT2D eigenvalue weighted by atomic mass is 16.6. The minimum Gasteiger partial charge on any atom is -0.467 e. The first-order valence-corrected chi connectivity index (χ1v) is 6.24. The van der Waals surface area contributed by atoms with Crippen molar-refractivity contribution in [2.24, 2.45) is 0 Å². The van der Waals surface area contributed by atoms with Crippen molar-refractivity contribution in [3.63, 3.8) is 0 Å². The van der Waals surface area contributed by atoms with Gasteiger partial charge >= 0.3 is 12.1 Å². The van der Waals surface area contributed by atoms with Crippen molar-refractivity contribution in [3.8, 4) is 0 Å². The Morgan fingerprint density at radius 3 is 2.68 bits per heavy atom. The summed E-state index contributed by atoms with van der Waals surface area (Å²) in [7, 11) is 1.28. The van der Waals surface area contributed by atoms with Gasteiger partial charge in [0.1, 0.15) is 12.1 Å². The normalized spacial score (nSPS) is 17.6. The Morgan fingerprint density at radius 1 is 1.53 bits per heavy atom. The predicted molar refractivity (Wildman–Crippen MR) is 66.4 cm³/mol. The molecule has 0 saturated carbocycles. The molecule has 2 amide bonds. The maximum atomic E-state index is 11.8. The molecule has 1 aliphatic heterocycles. The number of hydrogen-bond donors (Lipinski definition) is 1. The van der Waals surface area contributed by atoms with Gasteiger partial charge in [0, 0.05) is 13.0 Å². The van der Waals surface area contributed by atoms with Crippen molar-refractivity contribution in [2.75, 3.05) is 26.8 Å². The third-order valence-electron chi connectivity index (χ3n) is 3.21. The van der Waals surface area contributed by atoms with Gasteiger partial charge in [0.2, 0.25) is 5.91 Å². The largest absolute Gasteiger partial charge is 0.467 e. The molecule has 108 valence electrons. The number of rotatable bonds is 6. The Balaban J connectivity index is 2.45. The van der Waals surface area contributed by atoms with Crippen LogP contribution in [0.15, 0.2) is 0 Å². The van der Waals surface area contributed by atoms with E-state index in [4.69, 9.17) is 4.74 Å². The lowest BCUT2D eigenvalue weighted by molar-refractivity contribution is -0.150. The van der Waals surface area contributed by atoms with Crippen LogP contribution in [-0.2, 0) is 19.1 Å². The number of carbonyl (C=O) groups excluding carboxylic acids is 3. The molecule has 1 N–H and O–H groups in total. The minimum atomic E-state index is -1.03. The SMILES string of the molecule is CC[C@](C)(NC(=O)CCN1CCOC1=O)C(=O)OC. The highest BCUT2D eigenvalue weighted by Crippen LogP contribution is 2.12. The van der Waals surface area contributed by atoms with Crippen LogP contribution in [0, 0.1) is 0 Å². The van der Waals surface area contributed by atoms with Gasteiger partial charge in [-0.15, -0.1) is 0 Å². The van der Waals surface area contributed by atoms with Crippen molar-refractivity contribution < 1.29 is 23.9 Å². The molecule has 1 aliphatic rings. The molecule has 0 radical (unpaired) electrons. The minimum absolute atomic E-state index is 0.127. The second-order valence-electron chi connectivity index (χ2n) is 4.58. The van der Waals surface area contributed by atoms with Crippen LogP contribution < -0.4 is 5.32 Å². The highest BCUT2D eigenvalue weighted by molar-refractivity contribution is 5.87. The summed E-state index contributed by atoms with van der Waals surface area (Å²) in [6.07, 6.45) is 0.151. The molecule has 0 spiro atoms. The maximum absolute atomic E-state index is 11.8. The summed E-state index contributed by atoms with van der Waals surface area (Å²) >= 11 is 0. The fourth-order valence-corrected chi connectivity index (χ4v) is 1.74. The van der Waals surface area contributed by atoms with E-state index in [0.717, 1.165) is 0 Å². The topological polar surface area (TPSA) is 84.9 Å². The number of carbonyl (C=O) groups is 3. The van der Waals surface area contributed by atoms with E-state index in [1.807, 2.05) is 0 Å². The zero-order valence-corrected chi connectivity index (χ0v) is 11.5. The zero-order valence-electron chi connectivity index (χ0n) is 11.5. The summed E-state index contributed by atoms with van der Waals surface area (Å²) in [5.74, 6) is -0.779. The maximum Gasteiger partial charge on any atom is 0.409 e. The van der Waals surface area contributed by atoms with Gasteiger partial charge in [-0.25, -0.2) is 9.59 Å². The standard InChI is InChI=1S/C12H20N2O5/c1-4-12(2,10(16)18-3)13-9(15)5-6-14-7-8-19-11(14)17/h4-8H2,1-3H3,(H,13,15)/t12-/m0/s1. The molecule has 7 nitrogen and oxygen atoms in total. The van der Waals surface area contributed by atoms with Gasteiger partial charge in [-0.3, -0.25) is 4.79 Å². The first-order valence-electron chi connectivity index (χ1n) is 6.24. The van der Waals surface area contributed by atoms with Crippen LogP contribution in [0.5, 0.6) is 0 Å². The van der Waals surface area contributed by atoms with E-state index in [2.05, 4.69) is 10.1 Å².